The Morgan fingerprint density at radius 2 is 1.64 bits per heavy atom. The maximum atomic E-state index is 11.3. The van der Waals surface area contributed by atoms with Gasteiger partial charge in [0.05, 0.1) is 6.10 Å². The third-order valence-electron chi connectivity index (χ3n) is 5.26. The minimum Gasteiger partial charge on any atom is -0.387 e. The van der Waals surface area contributed by atoms with E-state index in [2.05, 4.69) is 54.4 Å². The first-order valence-corrected chi connectivity index (χ1v) is 8.75. The Balaban J connectivity index is 1.92. The van der Waals surface area contributed by atoms with Gasteiger partial charge >= 0.3 is 0 Å². The lowest BCUT2D eigenvalue weighted by Crippen LogP contribution is -2.44. The Hall–Kier alpha value is -1.29. The van der Waals surface area contributed by atoms with Crippen LogP contribution in [-0.2, 0) is 5.41 Å². The van der Waals surface area contributed by atoms with Crippen LogP contribution in [0, 0.1) is 0 Å². The van der Waals surface area contributed by atoms with Gasteiger partial charge in [-0.05, 0) is 56.2 Å². The Bertz CT molecular complexity index is 691. The quantitative estimate of drug-likeness (QED) is 0.799. The summed E-state index contributed by atoms with van der Waals surface area (Å²) in [5.41, 5.74) is 2.27. The van der Waals surface area contributed by atoms with E-state index < -0.39 is 6.10 Å². The van der Waals surface area contributed by atoms with Crippen molar-refractivity contribution in [1.29, 1.82) is 0 Å². The molecule has 2 aliphatic rings. The van der Waals surface area contributed by atoms with Gasteiger partial charge in [0.2, 0.25) is 0 Å². The minimum atomic E-state index is -0.423. The molecular weight excluding hydrogens is 290 g/mol. The topological polar surface area (TPSA) is 23.5 Å². The molecule has 2 aromatic rings. The fraction of sp³-hybridized carbons (Fsp3) is 0.368. The fourth-order valence-electron chi connectivity index (χ4n) is 3.89. The normalized spacial score (nSPS) is 23.6. The van der Waals surface area contributed by atoms with Gasteiger partial charge in [0, 0.05) is 15.2 Å². The van der Waals surface area contributed by atoms with Gasteiger partial charge in [-0.2, -0.15) is 0 Å². The summed E-state index contributed by atoms with van der Waals surface area (Å²) < 4.78 is 0. The van der Waals surface area contributed by atoms with Crippen molar-refractivity contribution in [2.75, 3.05) is 20.1 Å². The first-order chi connectivity index (χ1) is 10.7. The lowest BCUT2D eigenvalue weighted by atomic mass is 9.67. The van der Waals surface area contributed by atoms with Crippen LogP contribution < -0.4 is 0 Å². The summed E-state index contributed by atoms with van der Waals surface area (Å²) in [5.74, 6) is 0. The van der Waals surface area contributed by atoms with E-state index in [1.807, 2.05) is 6.07 Å². The highest BCUT2D eigenvalue weighted by Crippen LogP contribution is 2.53. The van der Waals surface area contributed by atoms with Crippen LogP contribution >= 0.6 is 11.8 Å². The van der Waals surface area contributed by atoms with Crippen molar-refractivity contribution >= 4 is 11.8 Å². The van der Waals surface area contributed by atoms with Crippen LogP contribution in [0.3, 0.4) is 0 Å². The van der Waals surface area contributed by atoms with E-state index in [-0.39, 0.29) is 5.41 Å². The third-order valence-corrected chi connectivity index (χ3v) is 6.43. The highest BCUT2D eigenvalue weighted by molar-refractivity contribution is 7.99. The maximum absolute atomic E-state index is 11.3. The molecule has 2 aromatic carbocycles. The van der Waals surface area contributed by atoms with E-state index >= 15 is 0 Å². The van der Waals surface area contributed by atoms with Crippen LogP contribution in [0.2, 0.25) is 0 Å². The number of hydrogen-bond acceptors (Lipinski definition) is 3. The van der Waals surface area contributed by atoms with E-state index in [4.69, 9.17) is 0 Å². The van der Waals surface area contributed by atoms with Crippen molar-refractivity contribution in [3.8, 4) is 0 Å². The summed E-state index contributed by atoms with van der Waals surface area (Å²) in [6.45, 7) is 2.08. The van der Waals surface area contributed by atoms with Crippen molar-refractivity contribution in [2.45, 2.75) is 34.2 Å². The number of aliphatic hydroxyl groups excluding tert-OH is 1. The monoisotopic (exact) mass is 311 g/mol. The summed E-state index contributed by atoms with van der Waals surface area (Å²) in [6, 6.07) is 17.0. The standard InChI is InChI=1S/C19H21NOS/c1-20-12-10-19(11-13-20)15-7-3-5-9-17(15)22-16-8-4-2-6-14(16)18(19)21/h2-9,18,21H,10-13H2,1H3. The molecule has 0 saturated carbocycles. The molecule has 1 saturated heterocycles. The maximum Gasteiger partial charge on any atom is 0.0898 e. The number of piperidine rings is 1. The van der Waals surface area contributed by atoms with Crippen LogP contribution in [0.15, 0.2) is 58.3 Å². The Labute approximate surface area is 136 Å². The highest BCUT2D eigenvalue weighted by Gasteiger charge is 2.45. The molecule has 0 bridgehead atoms. The molecule has 1 unspecified atom stereocenters. The lowest BCUT2D eigenvalue weighted by molar-refractivity contribution is 0.0323. The number of rotatable bonds is 0. The van der Waals surface area contributed by atoms with E-state index in [1.54, 1.807) is 11.8 Å². The molecule has 1 fully saturated rings. The third kappa shape index (κ3) is 2.11. The number of nitrogens with zero attached hydrogens (tertiary/aromatic N) is 1. The number of fused-ring (bicyclic) bond motifs is 3. The van der Waals surface area contributed by atoms with Crippen LogP contribution in [0.5, 0.6) is 0 Å². The van der Waals surface area contributed by atoms with E-state index in [0.717, 1.165) is 31.5 Å². The molecule has 0 amide bonds. The van der Waals surface area contributed by atoms with Crippen molar-refractivity contribution in [3.63, 3.8) is 0 Å². The Morgan fingerprint density at radius 3 is 2.41 bits per heavy atom. The summed E-state index contributed by atoms with van der Waals surface area (Å²) in [5, 5.41) is 11.3. The molecule has 114 valence electrons. The molecule has 3 heteroatoms. The van der Waals surface area contributed by atoms with Gasteiger partial charge in [-0.3, -0.25) is 0 Å². The van der Waals surface area contributed by atoms with Crippen molar-refractivity contribution in [2.24, 2.45) is 0 Å². The first kappa shape index (κ1) is 14.3. The van der Waals surface area contributed by atoms with Gasteiger partial charge in [0.1, 0.15) is 0 Å². The summed E-state index contributed by atoms with van der Waals surface area (Å²) in [4.78, 5) is 4.86. The predicted molar refractivity (Wildman–Crippen MR) is 90.4 cm³/mol. The zero-order valence-electron chi connectivity index (χ0n) is 12.8. The van der Waals surface area contributed by atoms with Crippen LogP contribution in [0.4, 0.5) is 0 Å². The van der Waals surface area contributed by atoms with Gasteiger partial charge in [0.15, 0.2) is 0 Å². The molecule has 1 N–H and O–H groups in total. The summed E-state index contributed by atoms with van der Waals surface area (Å²) in [7, 11) is 2.17. The van der Waals surface area contributed by atoms with Gasteiger partial charge in [0.25, 0.3) is 0 Å². The second-order valence-corrected chi connectivity index (χ2v) is 7.58. The second kappa shape index (κ2) is 5.41. The largest absolute Gasteiger partial charge is 0.387 e. The number of likely N-dealkylation sites (tertiary alicyclic amines) is 1. The van der Waals surface area contributed by atoms with Crippen LogP contribution in [-0.4, -0.2) is 30.1 Å². The average molecular weight is 311 g/mol. The van der Waals surface area contributed by atoms with Gasteiger partial charge in [-0.25, -0.2) is 0 Å². The summed E-state index contributed by atoms with van der Waals surface area (Å²) >= 11 is 1.80. The smallest absolute Gasteiger partial charge is 0.0898 e. The lowest BCUT2D eigenvalue weighted by Gasteiger charge is -2.44. The fourth-order valence-corrected chi connectivity index (χ4v) is 5.10. The number of aliphatic hydroxyl groups is 1. The van der Waals surface area contributed by atoms with Crippen LogP contribution in [0.1, 0.15) is 30.1 Å². The molecule has 0 radical (unpaired) electrons. The molecule has 0 aliphatic carbocycles. The highest BCUT2D eigenvalue weighted by atomic mass is 32.2. The molecule has 2 heterocycles. The first-order valence-electron chi connectivity index (χ1n) is 7.94. The molecule has 1 spiro atoms. The molecule has 0 aromatic heterocycles. The zero-order chi connectivity index (χ0) is 15.2. The van der Waals surface area contributed by atoms with Crippen molar-refractivity contribution in [3.05, 3.63) is 59.7 Å². The molecule has 2 aliphatic heterocycles. The Morgan fingerprint density at radius 1 is 1.00 bits per heavy atom. The molecular formula is C19H21NOS. The molecule has 1 atom stereocenters. The number of hydrogen-bond donors (Lipinski definition) is 1. The second-order valence-electron chi connectivity index (χ2n) is 6.50. The summed E-state index contributed by atoms with van der Waals surface area (Å²) in [6.07, 6.45) is 1.60. The van der Waals surface area contributed by atoms with Gasteiger partial charge in [-0.1, -0.05) is 48.2 Å². The molecule has 2 nitrogen and oxygen atoms in total. The van der Waals surface area contributed by atoms with Crippen LogP contribution in [0.25, 0.3) is 0 Å². The van der Waals surface area contributed by atoms with Crippen molar-refractivity contribution in [1.82, 2.24) is 4.90 Å². The minimum absolute atomic E-state index is 0.150. The van der Waals surface area contributed by atoms with E-state index in [0.29, 0.717) is 0 Å². The van der Waals surface area contributed by atoms with E-state index in [9.17, 15) is 5.11 Å². The predicted octanol–water partition coefficient (Wildman–Crippen LogP) is 3.85. The molecule has 4 rings (SSSR count). The van der Waals surface area contributed by atoms with Gasteiger partial charge in [-0.15, -0.1) is 0 Å². The Kier molecular flexibility index (Phi) is 3.52. The SMILES string of the molecule is CN1CCC2(CC1)c1ccccc1Sc1ccccc1C2O. The number of benzene rings is 2. The van der Waals surface area contributed by atoms with Crippen molar-refractivity contribution < 1.29 is 5.11 Å². The average Bonchev–Trinajstić information content (AvgIpc) is 2.65. The molecule has 22 heavy (non-hydrogen) atoms. The van der Waals surface area contributed by atoms with Gasteiger partial charge < -0.3 is 10.0 Å². The zero-order valence-corrected chi connectivity index (χ0v) is 13.6. The van der Waals surface area contributed by atoms with E-state index in [1.165, 1.54) is 15.4 Å².